The van der Waals surface area contributed by atoms with Crippen molar-refractivity contribution in [3.8, 4) is 0 Å². The highest BCUT2D eigenvalue weighted by molar-refractivity contribution is 4.91. The van der Waals surface area contributed by atoms with Crippen molar-refractivity contribution in [3.63, 3.8) is 0 Å². The molecule has 1 N–H and O–H groups in total. The van der Waals surface area contributed by atoms with E-state index < -0.39 is 0 Å². The Bertz CT molecular complexity index is 293. The second kappa shape index (κ2) is 7.99. The van der Waals surface area contributed by atoms with E-state index in [-0.39, 0.29) is 0 Å². The van der Waals surface area contributed by atoms with Crippen molar-refractivity contribution in [1.82, 2.24) is 10.2 Å². The molecule has 0 aliphatic heterocycles. The summed E-state index contributed by atoms with van der Waals surface area (Å²) in [5, 5.41) is 3.54. The molecular weight excluding hydrogens is 244 g/mol. The Hall–Kier alpha value is -0.600. The molecule has 116 valence electrons. The third-order valence-electron chi connectivity index (χ3n) is 4.85. The Balaban J connectivity index is 2.70. The number of hydrogen-bond donors (Lipinski definition) is 1. The molecule has 0 saturated heterocycles. The lowest BCUT2D eigenvalue weighted by molar-refractivity contribution is 0.0954. The van der Waals surface area contributed by atoms with Crippen LogP contribution in [-0.4, -0.2) is 37.6 Å². The second-order valence-corrected chi connectivity index (χ2v) is 7.33. The molecule has 0 aromatic carbocycles. The van der Waals surface area contributed by atoms with Crippen LogP contribution in [0.3, 0.4) is 0 Å². The van der Waals surface area contributed by atoms with E-state index in [0.29, 0.717) is 11.5 Å². The van der Waals surface area contributed by atoms with Gasteiger partial charge < -0.3 is 5.32 Å². The quantitative estimate of drug-likeness (QED) is 0.714. The van der Waals surface area contributed by atoms with Gasteiger partial charge in [-0.15, -0.1) is 13.2 Å². The number of hydrogen-bond acceptors (Lipinski definition) is 2. The molecule has 0 aromatic heterocycles. The number of rotatable bonds is 7. The summed E-state index contributed by atoms with van der Waals surface area (Å²) in [5.74, 6) is 1.57. The molecule has 1 saturated carbocycles. The fraction of sp³-hybridized carbons (Fsp3) is 0.778. The van der Waals surface area contributed by atoms with Gasteiger partial charge in [-0.05, 0) is 43.6 Å². The first-order chi connectivity index (χ1) is 9.42. The van der Waals surface area contributed by atoms with E-state index in [1.807, 2.05) is 12.2 Å². The molecule has 1 fully saturated rings. The van der Waals surface area contributed by atoms with Gasteiger partial charge in [0.05, 0.1) is 0 Å². The van der Waals surface area contributed by atoms with Crippen LogP contribution in [0.25, 0.3) is 0 Å². The smallest absolute Gasteiger partial charge is 0.0164 e. The highest BCUT2D eigenvalue weighted by atomic mass is 15.1. The summed E-state index contributed by atoms with van der Waals surface area (Å²) in [4.78, 5) is 2.46. The predicted molar refractivity (Wildman–Crippen MR) is 90.0 cm³/mol. The van der Waals surface area contributed by atoms with Crippen LogP contribution in [0, 0.1) is 17.3 Å². The summed E-state index contributed by atoms with van der Waals surface area (Å²) >= 11 is 0. The normalized spacial score (nSPS) is 27.6. The van der Waals surface area contributed by atoms with E-state index in [2.05, 4.69) is 51.2 Å². The Kier molecular flexibility index (Phi) is 6.97. The third-order valence-corrected chi connectivity index (χ3v) is 4.85. The SMILES string of the molecule is C=CCN(CC=C)CC1CC(C(C)(C)C)CCC1NC. The lowest BCUT2D eigenvalue weighted by Crippen LogP contribution is -2.46. The van der Waals surface area contributed by atoms with E-state index in [4.69, 9.17) is 0 Å². The van der Waals surface area contributed by atoms with E-state index in [1.54, 1.807) is 0 Å². The van der Waals surface area contributed by atoms with Crippen molar-refractivity contribution in [2.75, 3.05) is 26.7 Å². The topological polar surface area (TPSA) is 15.3 Å². The van der Waals surface area contributed by atoms with E-state index in [1.165, 1.54) is 19.3 Å². The summed E-state index contributed by atoms with van der Waals surface area (Å²) in [7, 11) is 2.11. The molecule has 1 rings (SSSR count). The lowest BCUT2D eigenvalue weighted by atomic mass is 9.67. The average Bonchev–Trinajstić information content (AvgIpc) is 2.38. The van der Waals surface area contributed by atoms with Crippen LogP contribution in [0.5, 0.6) is 0 Å². The molecule has 1 aliphatic rings. The molecule has 0 amide bonds. The van der Waals surface area contributed by atoms with Crippen molar-refractivity contribution in [2.45, 2.75) is 46.1 Å². The van der Waals surface area contributed by atoms with Gasteiger partial charge in [0.1, 0.15) is 0 Å². The van der Waals surface area contributed by atoms with Crippen LogP contribution in [0.15, 0.2) is 25.3 Å². The maximum absolute atomic E-state index is 3.88. The van der Waals surface area contributed by atoms with E-state index in [0.717, 1.165) is 31.5 Å². The molecule has 0 radical (unpaired) electrons. The molecule has 3 unspecified atom stereocenters. The van der Waals surface area contributed by atoms with Crippen LogP contribution in [0.1, 0.15) is 40.0 Å². The van der Waals surface area contributed by atoms with Crippen LogP contribution in [-0.2, 0) is 0 Å². The Morgan fingerprint density at radius 2 is 1.75 bits per heavy atom. The first-order valence-corrected chi connectivity index (χ1v) is 8.03. The van der Waals surface area contributed by atoms with Gasteiger partial charge in [0, 0.05) is 25.7 Å². The molecule has 0 aromatic rings. The summed E-state index contributed by atoms with van der Waals surface area (Å²) in [5.41, 5.74) is 0.429. The molecular formula is C18H34N2. The minimum absolute atomic E-state index is 0.429. The number of nitrogens with zero attached hydrogens (tertiary/aromatic N) is 1. The molecule has 0 spiro atoms. The van der Waals surface area contributed by atoms with Gasteiger partial charge in [0.2, 0.25) is 0 Å². The molecule has 2 nitrogen and oxygen atoms in total. The highest BCUT2D eigenvalue weighted by Crippen LogP contribution is 2.40. The highest BCUT2D eigenvalue weighted by Gasteiger charge is 2.35. The standard InChI is InChI=1S/C18H34N2/c1-7-11-20(12-8-2)14-15-13-16(18(3,4)5)9-10-17(15)19-6/h7-8,15-17,19H,1-2,9-14H2,3-6H3. The van der Waals surface area contributed by atoms with Crippen LogP contribution >= 0.6 is 0 Å². The largest absolute Gasteiger partial charge is 0.317 e. The van der Waals surface area contributed by atoms with Gasteiger partial charge in [-0.3, -0.25) is 4.90 Å². The van der Waals surface area contributed by atoms with Gasteiger partial charge >= 0.3 is 0 Å². The summed E-state index contributed by atoms with van der Waals surface area (Å²) in [6, 6.07) is 0.658. The van der Waals surface area contributed by atoms with Crippen LogP contribution in [0.4, 0.5) is 0 Å². The zero-order chi connectivity index (χ0) is 15.2. The number of nitrogens with one attached hydrogen (secondary N) is 1. The van der Waals surface area contributed by atoms with Gasteiger partial charge in [-0.25, -0.2) is 0 Å². The Morgan fingerprint density at radius 1 is 1.15 bits per heavy atom. The lowest BCUT2D eigenvalue weighted by Gasteiger charge is -2.43. The molecule has 0 heterocycles. The Morgan fingerprint density at radius 3 is 2.20 bits per heavy atom. The first kappa shape index (κ1) is 17.5. The summed E-state index contributed by atoms with van der Waals surface area (Å²) in [6.45, 7) is 18.0. The van der Waals surface area contributed by atoms with Crippen molar-refractivity contribution < 1.29 is 0 Å². The third kappa shape index (κ3) is 5.06. The Labute approximate surface area is 126 Å². The summed E-state index contributed by atoms with van der Waals surface area (Å²) in [6.07, 6.45) is 8.00. The van der Waals surface area contributed by atoms with Gasteiger partial charge in [0.25, 0.3) is 0 Å². The molecule has 0 bridgehead atoms. The fourth-order valence-corrected chi connectivity index (χ4v) is 3.55. The summed E-state index contributed by atoms with van der Waals surface area (Å²) < 4.78 is 0. The molecule has 20 heavy (non-hydrogen) atoms. The molecule has 2 heteroatoms. The van der Waals surface area contributed by atoms with Crippen LogP contribution < -0.4 is 5.32 Å². The van der Waals surface area contributed by atoms with Gasteiger partial charge in [-0.2, -0.15) is 0 Å². The van der Waals surface area contributed by atoms with Gasteiger partial charge in [-0.1, -0.05) is 32.9 Å². The van der Waals surface area contributed by atoms with Crippen molar-refractivity contribution >= 4 is 0 Å². The van der Waals surface area contributed by atoms with E-state index >= 15 is 0 Å². The maximum atomic E-state index is 3.88. The maximum Gasteiger partial charge on any atom is 0.0164 e. The van der Waals surface area contributed by atoms with Crippen molar-refractivity contribution in [1.29, 1.82) is 0 Å². The zero-order valence-electron chi connectivity index (χ0n) is 14.0. The van der Waals surface area contributed by atoms with E-state index in [9.17, 15) is 0 Å². The van der Waals surface area contributed by atoms with Crippen molar-refractivity contribution in [3.05, 3.63) is 25.3 Å². The fourth-order valence-electron chi connectivity index (χ4n) is 3.55. The molecule has 3 atom stereocenters. The average molecular weight is 278 g/mol. The minimum Gasteiger partial charge on any atom is -0.317 e. The van der Waals surface area contributed by atoms with Gasteiger partial charge in [0.15, 0.2) is 0 Å². The minimum atomic E-state index is 0.429. The monoisotopic (exact) mass is 278 g/mol. The zero-order valence-corrected chi connectivity index (χ0v) is 14.0. The van der Waals surface area contributed by atoms with Crippen LogP contribution in [0.2, 0.25) is 0 Å². The second-order valence-electron chi connectivity index (χ2n) is 7.33. The molecule has 1 aliphatic carbocycles. The predicted octanol–water partition coefficient (Wildman–Crippen LogP) is 3.71. The van der Waals surface area contributed by atoms with Crippen molar-refractivity contribution in [2.24, 2.45) is 17.3 Å². The first-order valence-electron chi connectivity index (χ1n) is 8.03.